The van der Waals surface area contributed by atoms with E-state index >= 15 is 0 Å². The molecular formula is C19H19FN2O2S. The molecule has 0 spiro atoms. The van der Waals surface area contributed by atoms with Crippen LogP contribution in [-0.4, -0.2) is 19.2 Å². The molecule has 0 aliphatic heterocycles. The summed E-state index contributed by atoms with van der Waals surface area (Å²) in [4.78, 5) is 5.78. The monoisotopic (exact) mass is 358 g/mol. The maximum atomic E-state index is 13.0. The van der Waals surface area contributed by atoms with Crippen LogP contribution in [0.5, 0.6) is 11.5 Å². The SMILES string of the molecule is COc1ccc(-c2nc(NCc3ccc(F)cc3)sc2C)c(OC)c1. The number of nitrogens with one attached hydrogen (secondary N) is 1. The van der Waals surface area contributed by atoms with Crippen LogP contribution in [0.4, 0.5) is 9.52 Å². The Morgan fingerprint density at radius 1 is 1.08 bits per heavy atom. The van der Waals surface area contributed by atoms with Crippen molar-refractivity contribution >= 4 is 16.5 Å². The number of halogens is 1. The van der Waals surface area contributed by atoms with Crippen molar-refractivity contribution in [1.29, 1.82) is 0 Å². The summed E-state index contributed by atoms with van der Waals surface area (Å²) in [5, 5.41) is 4.11. The van der Waals surface area contributed by atoms with E-state index in [1.807, 2.05) is 25.1 Å². The normalized spacial score (nSPS) is 10.6. The summed E-state index contributed by atoms with van der Waals surface area (Å²) in [6.07, 6.45) is 0. The van der Waals surface area contributed by atoms with E-state index in [1.165, 1.54) is 12.1 Å². The van der Waals surface area contributed by atoms with Gasteiger partial charge in [-0.05, 0) is 36.8 Å². The van der Waals surface area contributed by atoms with Crippen molar-refractivity contribution in [2.45, 2.75) is 13.5 Å². The predicted octanol–water partition coefficient (Wildman–Crippen LogP) is 4.89. The Morgan fingerprint density at radius 3 is 2.52 bits per heavy atom. The average molecular weight is 358 g/mol. The van der Waals surface area contributed by atoms with Gasteiger partial charge in [0.15, 0.2) is 5.13 Å². The third-order valence-corrected chi connectivity index (χ3v) is 4.75. The Hall–Kier alpha value is -2.60. The van der Waals surface area contributed by atoms with E-state index in [9.17, 15) is 4.39 Å². The van der Waals surface area contributed by atoms with E-state index in [2.05, 4.69) is 10.3 Å². The first kappa shape index (κ1) is 17.2. The van der Waals surface area contributed by atoms with Gasteiger partial charge in [-0.15, -0.1) is 11.3 Å². The van der Waals surface area contributed by atoms with Crippen LogP contribution >= 0.6 is 11.3 Å². The van der Waals surface area contributed by atoms with Gasteiger partial charge in [0.05, 0.1) is 19.9 Å². The van der Waals surface area contributed by atoms with Gasteiger partial charge in [0, 0.05) is 23.1 Å². The molecular weight excluding hydrogens is 339 g/mol. The minimum absolute atomic E-state index is 0.234. The summed E-state index contributed by atoms with van der Waals surface area (Å²) in [6, 6.07) is 12.1. The Bertz CT molecular complexity index is 862. The van der Waals surface area contributed by atoms with E-state index < -0.39 is 0 Å². The minimum Gasteiger partial charge on any atom is -0.497 e. The maximum absolute atomic E-state index is 13.0. The lowest BCUT2D eigenvalue weighted by Crippen LogP contribution is -1.99. The highest BCUT2D eigenvalue weighted by molar-refractivity contribution is 7.16. The lowest BCUT2D eigenvalue weighted by Gasteiger charge is -2.09. The summed E-state index contributed by atoms with van der Waals surface area (Å²) in [7, 11) is 3.26. The maximum Gasteiger partial charge on any atom is 0.183 e. The Balaban J connectivity index is 1.81. The number of thiazole rings is 1. The number of rotatable bonds is 6. The van der Waals surface area contributed by atoms with Gasteiger partial charge in [0.1, 0.15) is 17.3 Å². The second kappa shape index (κ2) is 7.53. The van der Waals surface area contributed by atoms with Crippen LogP contribution in [0.25, 0.3) is 11.3 Å². The standard InChI is InChI=1S/C19H19FN2O2S/c1-12-18(16-9-8-15(23-2)10-17(16)24-3)22-19(25-12)21-11-13-4-6-14(20)7-5-13/h4-10H,11H2,1-3H3,(H,21,22). The Kier molecular flexibility index (Phi) is 5.19. The molecule has 0 saturated carbocycles. The van der Waals surface area contributed by atoms with E-state index in [0.717, 1.165) is 38.3 Å². The van der Waals surface area contributed by atoms with Crippen LogP contribution in [0.1, 0.15) is 10.4 Å². The summed E-state index contributed by atoms with van der Waals surface area (Å²) in [5.74, 6) is 1.23. The predicted molar refractivity (Wildman–Crippen MR) is 99.1 cm³/mol. The van der Waals surface area contributed by atoms with E-state index in [1.54, 1.807) is 37.7 Å². The van der Waals surface area contributed by atoms with Gasteiger partial charge >= 0.3 is 0 Å². The van der Waals surface area contributed by atoms with Gasteiger partial charge < -0.3 is 14.8 Å². The van der Waals surface area contributed by atoms with Crippen LogP contribution in [0.2, 0.25) is 0 Å². The van der Waals surface area contributed by atoms with Gasteiger partial charge in [0.2, 0.25) is 0 Å². The number of benzene rings is 2. The van der Waals surface area contributed by atoms with E-state index in [-0.39, 0.29) is 5.82 Å². The third kappa shape index (κ3) is 3.91. The highest BCUT2D eigenvalue weighted by Crippen LogP contribution is 2.37. The zero-order valence-corrected chi connectivity index (χ0v) is 15.1. The molecule has 0 bridgehead atoms. The number of hydrogen-bond acceptors (Lipinski definition) is 5. The fourth-order valence-electron chi connectivity index (χ4n) is 2.50. The quantitative estimate of drug-likeness (QED) is 0.681. The van der Waals surface area contributed by atoms with Gasteiger partial charge in [0.25, 0.3) is 0 Å². The first-order chi connectivity index (χ1) is 12.1. The molecule has 0 atom stereocenters. The number of aryl methyl sites for hydroxylation is 1. The Morgan fingerprint density at radius 2 is 1.84 bits per heavy atom. The highest BCUT2D eigenvalue weighted by atomic mass is 32.1. The molecule has 0 fully saturated rings. The molecule has 0 aliphatic rings. The summed E-state index contributed by atoms with van der Waals surface area (Å²) >= 11 is 1.58. The number of methoxy groups -OCH3 is 2. The number of ether oxygens (including phenoxy) is 2. The molecule has 0 aliphatic carbocycles. The third-order valence-electron chi connectivity index (χ3n) is 3.82. The highest BCUT2D eigenvalue weighted by Gasteiger charge is 2.15. The number of hydrogen-bond donors (Lipinski definition) is 1. The van der Waals surface area contributed by atoms with Gasteiger partial charge in [-0.3, -0.25) is 0 Å². The van der Waals surface area contributed by atoms with Crippen molar-refractivity contribution in [2.75, 3.05) is 19.5 Å². The molecule has 0 saturated heterocycles. The molecule has 0 radical (unpaired) electrons. The lowest BCUT2D eigenvalue weighted by atomic mass is 10.1. The van der Waals surface area contributed by atoms with Gasteiger partial charge in [-0.2, -0.15) is 0 Å². The van der Waals surface area contributed by atoms with Crippen molar-refractivity contribution in [3.05, 3.63) is 58.7 Å². The second-order valence-corrected chi connectivity index (χ2v) is 6.67. The first-order valence-corrected chi connectivity index (χ1v) is 8.60. The van der Waals surface area contributed by atoms with E-state index in [0.29, 0.717) is 6.54 Å². The molecule has 25 heavy (non-hydrogen) atoms. The number of aromatic nitrogens is 1. The molecule has 1 N–H and O–H groups in total. The summed E-state index contributed by atoms with van der Waals surface area (Å²) in [5.41, 5.74) is 2.80. The molecule has 4 nitrogen and oxygen atoms in total. The molecule has 3 rings (SSSR count). The van der Waals surface area contributed by atoms with Crippen molar-refractivity contribution < 1.29 is 13.9 Å². The molecule has 3 aromatic rings. The van der Waals surface area contributed by atoms with Gasteiger partial charge in [-0.1, -0.05) is 12.1 Å². The van der Waals surface area contributed by atoms with Crippen molar-refractivity contribution in [1.82, 2.24) is 4.98 Å². The van der Waals surface area contributed by atoms with E-state index in [4.69, 9.17) is 9.47 Å². The fourth-order valence-corrected chi connectivity index (χ4v) is 3.32. The molecule has 0 unspecified atom stereocenters. The number of anilines is 1. The molecule has 130 valence electrons. The zero-order valence-electron chi connectivity index (χ0n) is 14.3. The Labute approximate surface area is 150 Å². The molecule has 1 aromatic heterocycles. The van der Waals surface area contributed by atoms with Crippen LogP contribution in [0.15, 0.2) is 42.5 Å². The summed E-state index contributed by atoms with van der Waals surface area (Å²) < 4.78 is 23.7. The van der Waals surface area contributed by atoms with Crippen LogP contribution in [-0.2, 0) is 6.54 Å². The van der Waals surface area contributed by atoms with Crippen molar-refractivity contribution in [2.24, 2.45) is 0 Å². The largest absolute Gasteiger partial charge is 0.497 e. The van der Waals surface area contributed by atoms with Crippen molar-refractivity contribution in [3.8, 4) is 22.8 Å². The first-order valence-electron chi connectivity index (χ1n) is 7.79. The molecule has 0 amide bonds. The fraction of sp³-hybridized carbons (Fsp3) is 0.211. The second-order valence-electron chi connectivity index (χ2n) is 5.47. The van der Waals surface area contributed by atoms with Crippen LogP contribution in [0, 0.1) is 12.7 Å². The van der Waals surface area contributed by atoms with Crippen LogP contribution in [0.3, 0.4) is 0 Å². The van der Waals surface area contributed by atoms with Gasteiger partial charge in [-0.25, -0.2) is 9.37 Å². The van der Waals surface area contributed by atoms with Crippen LogP contribution < -0.4 is 14.8 Å². The zero-order chi connectivity index (χ0) is 17.8. The number of nitrogens with zero attached hydrogens (tertiary/aromatic N) is 1. The summed E-state index contributed by atoms with van der Waals surface area (Å²) in [6.45, 7) is 2.62. The molecule has 6 heteroatoms. The topological polar surface area (TPSA) is 43.4 Å². The minimum atomic E-state index is -0.234. The lowest BCUT2D eigenvalue weighted by molar-refractivity contribution is 0.395. The smallest absolute Gasteiger partial charge is 0.183 e. The molecule has 1 heterocycles. The average Bonchev–Trinajstić information content (AvgIpc) is 3.01. The van der Waals surface area contributed by atoms with Crippen molar-refractivity contribution in [3.63, 3.8) is 0 Å². The molecule has 2 aromatic carbocycles.